The van der Waals surface area contributed by atoms with Gasteiger partial charge in [-0.2, -0.15) is 5.10 Å². The van der Waals surface area contributed by atoms with Crippen LogP contribution in [0.25, 0.3) is 0 Å². The summed E-state index contributed by atoms with van der Waals surface area (Å²) < 4.78 is 7.67. The SMILES string of the molecule is CCOc1ccccc1N1CCN(Cc2cn(C)nc2C)CC1. The van der Waals surface area contributed by atoms with Gasteiger partial charge in [0.05, 0.1) is 18.0 Å². The van der Waals surface area contributed by atoms with E-state index in [4.69, 9.17) is 4.74 Å². The van der Waals surface area contributed by atoms with Gasteiger partial charge in [-0.1, -0.05) is 12.1 Å². The van der Waals surface area contributed by atoms with Crippen molar-refractivity contribution in [2.45, 2.75) is 20.4 Å². The summed E-state index contributed by atoms with van der Waals surface area (Å²) in [6, 6.07) is 8.34. The summed E-state index contributed by atoms with van der Waals surface area (Å²) in [6.45, 7) is 10.0. The third kappa shape index (κ3) is 3.67. The molecular weight excluding hydrogens is 288 g/mol. The molecule has 0 aliphatic carbocycles. The van der Waals surface area contributed by atoms with Gasteiger partial charge in [0.2, 0.25) is 0 Å². The molecule has 0 spiro atoms. The maximum absolute atomic E-state index is 5.76. The van der Waals surface area contributed by atoms with E-state index >= 15 is 0 Å². The summed E-state index contributed by atoms with van der Waals surface area (Å²) in [5.74, 6) is 0.992. The van der Waals surface area contributed by atoms with Crippen LogP contribution in [0.3, 0.4) is 0 Å². The maximum atomic E-state index is 5.76. The van der Waals surface area contributed by atoms with Gasteiger partial charge in [-0.3, -0.25) is 9.58 Å². The molecule has 5 heteroatoms. The van der Waals surface area contributed by atoms with Crippen molar-refractivity contribution in [2.75, 3.05) is 37.7 Å². The highest BCUT2D eigenvalue weighted by Crippen LogP contribution is 2.29. The van der Waals surface area contributed by atoms with Gasteiger partial charge < -0.3 is 9.64 Å². The van der Waals surface area contributed by atoms with E-state index in [0.717, 1.165) is 44.2 Å². The van der Waals surface area contributed by atoms with Gasteiger partial charge >= 0.3 is 0 Å². The highest BCUT2D eigenvalue weighted by atomic mass is 16.5. The van der Waals surface area contributed by atoms with Crippen molar-refractivity contribution >= 4 is 5.69 Å². The Bertz CT molecular complexity index is 644. The Morgan fingerprint density at radius 3 is 2.52 bits per heavy atom. The van der Waals surface area contributed by atoms with E-state index in [1.165, 1.54) is 11.3 Å². The lowest BCUT2D eigenvalue weighted by Crippen LogP contribution is -2.46. The number of piperazine rings is 1. The average molecular weight is 314 g/mol. The van der Waals surface area contributed by atoms with Crippen LogP contribution in [0.1, 0.15) is 18.2 Å². The number of hydrogen-bond acceptors (Lipinski definition) is 4. The van der Waals surface area contributed by atoms with Crippen LogP contribution in [0.4, 0.5) is 5.69 Å². The minimum atomic E-state index is 0.706. The van der Waals surface area contributed by atoms with Gasteiger partial charge in [-0.15, -0.1) is 0 Å². The third-order valence-electron chi connectivity index (χ3n) is 4.39. The molecule has 0 atom stereocenters. The normalized spacial score (nSPS) is 15.9. The summed E-state index contributed by atoms with van der Waals surface area (Å²) in [7, 11) is 1.99. The van der Waals surface area contributed by atoms with Crippen molar-refractivity contribution in [1.29, 1.82) is 0 Å². The zero-order chi connectivity index (χ0) is 16.2. The number of nitrogens with zero attached hydrogens (tertiary/aromatic N) is 4. The molecule has 0 unspecified atom stereocenters. The zero-order valence-electron chi connectivity index (χ0n) is 14.3. The Balaban J connectivity index is 1.61. The highest BCUT2D eigenvalue weighted by molar-refractivity contribution is 5.58. The third-order valence-corrected chi connectivity index (χ3v) is 4.39. The fourth-order valence-electron chi connectivity index (χ4n) is 3.19. The second-order valence-electron chi connectivity index (χ2n) is 6.08. The number of aryl methyl sites for hydroxylation is 2. The fraction of sp³-hybridized carbons (Fsp3) is 0.500. The minimum absolute atomic E-state index is 0.706. The van der Waals surface area contributed by atoms with Crippen LogP contribution < -0.4 is 9.64 Å². The van der Waals surface area contributed by atoms with Crippen molar-refractivity contribution in [3.8, 4) is 5.75 Å². The lowest BCUT2D eigenvalue weighted by molar-refractivity contribution is 0.248. The quantitative estimate of drug-likeness (QED) is 0.849. The average Bonchev–Trinajstić information content (AvgIpc) is 2.87. The molecule has 0 bridgehead atoms. The van der Waals surface area contributed by atoms with Crippen molar-refractivity contribution in [1.82, 2.24) is 14.7 Å². The number of rotatable bonds is 5. The van der Waals surface area contributed by atoms with Gasteiger partial charge in [0, 0.05) is 51.5 Å². The van der Waals surface area contributed by atoms with Crippen LogP contribution in [0.15, 0.2) is 30.5 Å². The van der Waals surface area contributed by atoms with E-state index < -0.39 is 0 Å². The molecule has 3 rings (SSSR count). The fourth-order valence-corrected chi connectivity index (χ4v) is 3.19. The van der Waals surface area contributed by atoms with Crippen LogP contribution in [0.2, 0.25) is 0 Å². The number of para-hydroxylation sites is 2. The molecule has 1 fully saturated rings. The van der Waals surface area contributed by atoms with E-state index in [9.17, 15) is 0 Å². The Hall–Kier alpha value is -2.01. The molecule has 0 N–H and O–H groups in total. The lowest BCUT2D eigenvalue weighted by Gasteiger charge is -2.36. The van der Waals surface area contributed by atoms with E-state index in [1.54, 1.807) is 0 Å². The summed E-state index contributed by atoms with van der Waals surface area (Å²) in [5.41, 5.74) is 3.68. The van der Waals surface area contributed by atoms with Crippen LogP contribution >= 0.6 is 0 Å². The van der Waals surface area contributed by atoms with E-state index in [1.807, 2.05) is 24.7 Å². The molecule has 124 valence electrons. The molecule has 0 radical (unpaired) electrons. The molecule has 1 aliphatic heterocycles. The van der Waals surface area contributed by atoms with Gasteiger partial charge in [-0.05, 0) is 26.0 Å². The molecule has 1 saturated heterocycles. The summed E-state index contributed by atoms with van der Waals surface area (Å²) in [5, 5.41) is 4.43. The Morgan fingerprint density at radius 1 is 1.13 bits per heavy atom. The van der Waals surface area contributed by atoms with Crippen molar-refractivity contribution in [2.24, 2.45) is 7.05 Å². The number of benzene rings is 1. The second-order valence-corrected chi connectivity index (χ2v) is 6.08. The van der Waals surface area contributed by atoms with Crippen LogP contribution in [-0.4, -0.2) is 47.5 Å². The van der Waals surface area contributed by atoms with Gasteiger partial charge in [0.15, 0.2) is 0 Å². The van der Waals surface area contributed by atoms with Gasteiger partial charge in [0.25, 0.3) is 0 Å². The van der Waals surface area contributed by atoms with Gasteiger partial charge in [0.1, 0.15) is 5.75 Å². The molecule has 23 heavy (non-hydrogen) atoms. The lowest BCUT2D eigenvalue weighted by atomic mass is 10.2. The molecule has 0 amide bonds. The Morgan fingerprint density at radius 2 is 1.87 bits per heavy atom. The van der Waals surface area contributed by atoms with Crippen LogP contribution in [0, 0.1) is 6.92 Å². The van der Waals surface area contributed by atoms with E-state index in [-0.39, 0.29) is 0 Å². The Labute approximate surface area is 138 Å². The second kappa shape index (κ2) is 7.04. The highest BCUT2D eigenvalue weighted by Gasteiger charge is 2.20. The number of ether oxygens (including phenoxy) is 1. The minimum Gasteiger partial charge on any atom is -0.492 e. The molecule has 5 nitrogen and oxygen atoms in total. The summed E-state index contributed by atoms with van der Waals surface area (Å²) in [6.07, 6.45) is 2.13. The smallest absolute Gasteiger partial charge is 0.142 e. The predicted molar refractivity (Wildman–Crippen MR) is 93.0 cm³/mol. The molecule has 1 aromatic heterocycles. The first kappa shape index (κ1) is 15.9. The van der Waals surface area contributed by atoms with Crippen molar-refractivity contribution < 1.29 is 4.74 Å². The molecular formula is C18H26N4O. The predicted octanol–water partition coefficient (Wildman–Crippen LogP) is 2.45. The van der Waals surface area contributed by atoms with Gasteiger partial charge in [-0.25, -0.2) is 0 Å². The first-order valence-corrected chi connectivity index (χ1v) is 8.35. The number of hydrogen-bond donors (Lipinski definition) is 0. The standard InChI is InChI=1S/C18H26N4O/c1-4-23-18-8-6-5-7-17(18)22-11-9-21(10-12-22)14-16-13-20(3)19-15(16)2/h5-8,13H,4,9-12,14H2,1-3H3. The van der Waals surface area contributed by atoms with Crippen molar-refractivity contribution in [3.05, 3.63) is 41.7 Å². The van der Waals surface area contributed by atoms with Crippen molar-refractivity contribution in [3.63, 3.8) is 0 Å². The molecule has 2 aromatic rings. The van der Waals surface area contributed by atoms with E-state index in [0.29, 0.717) is 6.61 Å². The summed E-state index contributed by atoms with van der Waals surface area (Å²) >= 11 is 0. The molecule has 2 heterocycles. The monoisotopic (exact) mass is 314 g/mol. The van der Waals surface area contributed by atoms with Crippen LogP contribution in [0.5, 0.6) is 5.75 Å². The van der Waals surface area contributed by atoms with E-state index in [2.05, 4.69) is 46.2 Å². The Kier molecular flexibility index (Phi) is 4.86. The molecule has 1 aromatic carbocycles. The first-order valence-electron chi connectivity index (χ1n) is 8.35. The summed E-state index contributed by atoms with van der Waals surface area (Å²) in [4.78, 5) is 4.93. The topological polar surface area (TPSA) is 33.5 Å². The first-order chi connectivity index (χ1) is 11.2. The molecule has 0 saturated carbocycles. The zero-order valence-corrected chi connectivity index (χ0v) is 14.3. The number of aromatic nitrogens is 2. The molecule has 1 aliphatic rings. The maximum Gasteiger partial charge on any atom is 0.142 e. The largest absolute Gasteiger partial charge is 0.492 e. The number of anilines is 1. The van der Waals surface area contributed by atoms with Crippen LogP contribution in [-0.2, 0) is 13.6 Å².